The minimum absolute atomic E-state index is 0.0675. The third-order valence-corrected chi connectivity index (χ3v) is 8.78. The summed E-state index contributed by atoms with van der Waals surface area (Å²) in [7, 11) is -0.513. The molecule has 0 radical (unpaired) electrons. The summed E-state index contributed by atoms with van der Waals surface area (Å²) in [6.45, 7) is 4.38. The lowest BCUT2D eigenvalue weighted by atomic mass is 10.0. The average molecular weight is 609 g/mol. The highest BCUT2D eigenvalue weighted by molar-refractivity contribution is 7.94. The summed E-state index contributed by atoms with van der Waals surface area (Å²) >= 11 is 0. The number of hydrogen-bond acceptors (Lipinski definition) is 7. The van der Waals surface area contributed by atoms with Crippen molar-refractivity contribution in [3.05, 3.63) is 100 Å². The van der Waals surface area contributed by atoms with Crippen molar-refractivity contribution >= 4 is 27.8 Å². The van der Waals surface area contributed by atoms with Crippen LogP contribution in [0.5, 0.6) is 5.75 Å². The molecule has 230 valence electrons. The van der Waals surface area contributed by atoms with E-state index >= 15 is 0 Å². The fraction of sp³-hybridized carbons (Fsp3) is 0.364. The number of benzene rings is 2. The number of allylic oxidation sites excluding steroid dienone is 3. The van der Waals surface area contributed by atoms with E-state index in [-0.39, 0.29) is 29.4 Å². The molecule has 0 atom stereocenters. The van der Waals surface area contributed by atoms with Gasteiger partial charge in [-0.15, -0.1) is 0 Å². The van der Waals surface area contributed by atoms with Crippen LogP contribution in [0.15, 0.2) is 83.3 Å². The average Bonchev–Trinajstić information content (AvgIpc) is 3.17. The number of carbonyl (C=O) groups excluding carboxylic acids is 3. The highest BCUT2D eigenvalue weighted by atomic mass is 32.2. The van der Waals surface area contributed by atoms with Crippen LogP contribution in [0, 0.1) is 0 Å². The van der Waals surface area contributed by atoms with Crippen LogP contribution in [0.3, 0.4) is 0 Å². The second-order valence-corrected chi connectivity index (χ2v) is 12.0. The van der Waals surface area contributed by atoms with Crippen LogP contribution in [0.1, 0.15) is 61.0 Å². The molecule has 2 aromatic carbocycles. The predicted octanol–water partition coefficient (Wildman–Crippen LogP) is 5.83. The van der Waals surface area contributed by atoms with Crippen LogP contribution in [0.4, 0.5) is 4.79 Å². The van der Waals surface area contributed by atoms with Crippen LogP contribution in [0.25, 0.3) is 0 Å². The first kappa shape index (κ1) is 33.3. The minimum atomic E-state index is -3.80. The Hall–Kier alpha value is -4.18. The lowest BCUT2D eigenvalue weighted by Crippen LogP contribution is -2.33. The first-order valence-corrected chi connectivity index (χ1v) is 15.8. The third-order valence-electron chi connectivity index (χ3n) is 6.94. The summed E-state index contributed by atoms with van der Waals surface area (Å²) < 4.78 is 36.6. The van der Waals surface area contributed by atoms with Crippen molar-refractivity contribution in [2.75, 3.05) is 27.2 Å². The number of sulfonamides is 1. The number of methoxy groups -OCH3 is 1. The van der Waals surface area contributed by atoms with E-state index in [2.05, 4.69) is 6.92 Å². The number of rotatable bonds is 11. The van der Waals surface area contributed by atoms with Crippen LogP contribution < -0.4 is 4.74 Å². The number of nitrogens with zero attached hydrogens (tertiary/aromatic N) is 2. The molecular weight excluding hydrogens is 568 g/mol. The number of ether oxygens (including phenoxy) is 2. The van der Waals surface area contributed by atoms with Gasteiger partial charge in [0.15, 0.2) is 5.78 Å². The molecule has 0 bridgehead atoms. The zero-order valence-electron chi connectivity index (χ0n) is 25.2. The maximum Gasteiger partial charge on any atom is 0.409 e. The van der Waals surface area contributed by atoms with E-state index in [1.165, 1.54) is 11.0 Å². The van der Waals surface area contributed by atoms with Crippen molar-refractivity contribution < 1.29 is 32.3 Å². The van der Waals surface area contributed by atoms with E-state index in [1.54, 1.807) is 45.4 Å². The van der Waals surface area contributed by atoms with Gasteiger partial charge >= 0.3 is 6.09 Å². The quantitative estimate of drug-likeness (QED) is 0.233. The molecule has 2 aromatic rings. The second-order valence-electron chi connectivity index (χ2n) is 10.2. The second kappa shape index (κ2) is 15.9. The number of ketones is 1. The smallest absolute Gasteiger partial charge is 0.409 e. The Kier molecular flexibility index (Phi) is 12.3. The van der Waals surface area contributed by atoms with Crippen LogP contribution >= 0.6 is 0 Å². The van der Waals surface area contributed by atoms with E-state index in [1.807, 2.05) is 42.5 Å². The van der Waals surface area contributed by atoms with Crippen LogP contribution in [-0.2, 0) is 32.6 Å². The van der Waals surface area contributed by atoms with E-state index in [4.69, 9.17) is 9.47 Å². The summed E-state index contributed by atoms with van der Waals surface area (Å²) in [6.07, 6.45) is 9.73. The Balaban J connectivity index is 0.000000303. The van der Waals surface area contributed by atoms with E-state index < -0.39 is 22.0 Å². The topological polar surface area (TPSA) is 110 Å². The highest BCUT2D eigenvalue weighted by Crippen LogP contribution is 2.31. The molecule has 9 nitrogen and oxygen atoms in total. The Morgan fingerprint density at radius 1 is 1.02 bits per heavy atom. The van der Waals surface area contributed by atoms with Gasteiger partial charge in [0.25, 0.3) is 15.9 Å². The number of hydrogen-bond donors (Lipinski definition) is 0. The van der Waals surface area contributed by atoms with Crippen molar-refractivity contribution in [3.8, 4) is 5.75 Å². The molecule has 0 aromatic heterocycles. The molecule has 0 unspecified atom stereocenters. The summed E-state index contributed by atoms with van der Waals surface area (Å²) in [5.74, 6) is 0.486. The first-order valence-electron chi connectivity index (χ1n) is 14.3. The van der Waals surface area contributed by atoms with Crippen molar-refractivity contribution in [1.29, 1.82) is 0 Å². The van der Waals surface area contributed by atoms with Crippen molar-refractivity contribution in [3.63, 3.8) is 0 Å². The first-order chi connectivity index (χ1) is 20.6. The minimum Gasteiger partial charge on any atom is -0.496 e. The number of Topliss-reactive ketones (excluding diaryl/α,β-unsaturated/α-hetero) is 1. The SMILES string of the molecule is CCCc1cc(C(C)=O)ccc1OC.CN(CCCCN1C(=O)C2=C(C=CCC=C2)S1(=O)=O)C(=O)OCc1ccccc1. The molecule has 4 rings (SSSR count). The number of aryl methyl sites for hydroxylation is 1. The van der Waals surface area contributed by atoms with Gasteiger partial charge in [0.05, 0.1) is 12.7 Å². The molecule has 0 saturated heterocycles. The van der Waals surface area contributed by atoms with Crippen LogP contribution in [0.2, 0.25) is 0 Å². The maximum absolute atomic E-state index is 12.6. The Morgan fingerprint density at radius 2 is 1.74 bits per heavy atom. The molecule has 0 N–H and O–H groups in total. The summed E-state index contributed by atoms with van der Waals surface area (Å²) in [4.78, 5) is 37.2. The Labute approximate surface area is 254 Å². The maximum atomic E-state index is 12.6. The molecule has 0 saturated carbocycles. The van der Waals surface area contributed by atoms with Crippen molar-refractivity contribution in [1.82, 2.24) is 9.21 Å². The van der Waals surface area contributed by atoms with Gasteiger partial charge in [-0.2, -0.15) is 0 Å². The highest BCUT2D eigenvalue weighted by Gasteiger charge is 2.41. The van der Waals surface area contributed by atoms with Gasteiger partial charge in [-0.3, -0.25) is 9.59 Å². The zero-order valence-corrected chi connectivity index (χ0v) is 26.1. The van der Waals surface area contributed by atoms with Gasteiger partial charge in [-0.25, -0.2) is 17.5 Å². The third kappa shape index (κ3) is 8.90. The van der Waals surface area contributed by atoms with Gasteiger partial charge in [0, 0.05) is 25.7 Å². The number of amides is 2. The van der Waals surface area contributed by atoms with Crippen molar-refractivity contribution in [2.45, 2.75) is 52.6 Å². The normalized spacial score (nSPS) is 14.9. The Morgan fingerprint density at radius 3 is 2.42 bits per heavy atom. The molecule has 1 aliphatic heterocycles. The number of carbonyl (C=O) groups is 3. The van der Waals surface area contributed by atoms with Gasteiger partial charge in [-0.05, 0) is 68.0 Å². The summed E-state index contributed by atoms with van der Waals surface area (Å²) in [5.41, 5.74) is 3.00. The van der Waals surface area contributed by atoms with Crippen molar-refractivity contribution in [2.24, 2.45) is 0 Å². The number of unbranched alkanes of at least 4 members (excludes halogenated alkanes) is 1. The summed E-state index contributed by atoms with van der Waals surface area (Å²) in [6, 6.07) is 15.0. The molecule has 43 heavy (non-hydrogen) atoms. The van der Waals surface area contributed by atoms with E-state index in [0.29, 0.717) is 25.8 Å². The molecule has 0 fully saturated rings. The van der Waals surface area contributed by atoms with E-state index in [0.717, 1.165) is 39.6 Å². The molecule has 0 spiro atoms. The lowest BCUT2D eigenvalue weighted by molar-refractivity contribution is -0.121. The van der Waals surface area contributed by atoms with E-state index in [9.17, 15) is 22.8 Å². The van der Waals surface area contributed by atoms with Gasteiger partial charge in [0.1, 0.15) is 17.3 Å². The summed E-state index contributed by atoms with van der Waals surface area (Å²) in [5, 5.41) is 0. The standard InChI is InChI=1S/C21H24N2O5S.C12H16O2/c1-22(21(25)28-16-17-10-4-2-5-11-17)14-8-9-15-23-20(24)18-12-6-3-7-13-19(18)29(23,26)27;1-4-5-11-8-10(9(2)13)6-7-12(11)14-3/h2,4-7,10-13H,3,8-9,14-16H2,1H3;6-8H,4-5H2,1-3H3. The largest absolute Gasteiger partial charge is 0.496 e. The molecule has 1 aliphatic carbocycles. The molecule has 2 amide bonds. The fourth-order valence-electron chi connectivity index (χ4n) is 4.58. The fourth-order valence-corrected chi connectivity index (χ4v) is 6.21. The molecule has 10 heteroatoms. The van der Waals surface area contributed by atoms with Gasteiger partial charge in [-0.1, -0.05) is 61.9 Å². The molecule has 2 aliphatic rings. The lowest BCUT2D eigenvalue weighted by Gasteiger charge is -2.19. The Bertz CT molecular complexity index is 1490. The van der Waals surface area contributed by atoms with Gasteiger partial charge < -0.3 is 14.4 Å². The molecular formula is C33H40N2O7S. The molecule has 1 heterocycles. The van der Waals surface area contributed by atoms with Gasteiger partial charge in [0.2, 0.25) is 0 Å². The monoisotopic (exact) mass is 608 g/mol. The zero-order chi connectivity index (χ0) is 31.4. The predicted molar refractivity (Wildman–Crippen MR) is 166 cm³/mol. The van der Waals surface area contributed by atoms with Crippen LogP contribution in [-0.4, -0.2) is 62.7 Å².